The number of hydrogen-bond acceptors (Lipinski definition) is 3. The van der Waals surface area contributed by atoms with E-state index in [-0.39, 0.29) is 22.5 Å². The van der Waals surface area contributed by atoms with Gasteiger partial charge in [0, 0.05) is 0 Å². The topological polar surface area (TPSA) is 47.6 Å². The average molecular weight is 394 g/mol. The quantitative estimate of drug-likeness (QED) is 0.616. The van der Waals surface area contributed by atoms with Crippen LogP contribution in [0.1, 0.15) is 47.1 Å². The van der Waals surface area contributed by atoms with E-state index < -0.39 is 17.4 Å². The molecule has 26 heavy (non-hydrogen) atoms. The highest BCUT2D eigenvalue weighted by molar-refractivity contribution is 6.74. The Morgan fingerprint density at radius 1 is 1.15 bits per heavy atom. The highest BCUT2D eigenvalue weighted by Gasteiger charge is 2.40. The molecule has 1 N–H and O–H groups in total. The molecular weight excluding hydrogens is 358 g/mol. The van der Waals surface area contributed by atoms with Gasteiger partial charge in [0.1, 0.15) is 11.9 Å². The molecule has 1 aliphatic heterocycles. The first kappa shape index (κ1) is 21.2. The summed E-state index contributed by atoms with van der Waals surface area (Å²) < 4.78 is 12.8. The summed E-state index contributed by atoms with van der Waals surface area (Å²) in [5.41, 5.74) is 1.24. The lowest BCUT2D eigenvalue weighted by Crippen LogP contribution is -2.57. The lowest BCUT2D eigenvalue weighted by atomic mass is 9.86. The summed E-state index contributed by atoms with van der Waals surface area (Å²) >= 11 is 0. The van der Waals surface area contributed by atoms with Crippen molar-refractivity contribution < 1.29 is 13.6 Å². The predicted octanol–water partition coefficient (Wildman–Crippen LogP) is 3.44. The summed E-state index contributed by atoms with van der Waals surface area (Å²) in [6, 6.07) is 6.52. The molecule has 2 rings (SSSR count). The number of hydrogen-bond donors (Lipinski definition) is 1. The Morgan fingerprint density at radius 2 is 1.77 bits per heavy atom. The van der Waals surface area contributed by atoms with E-state index in [1.165, 1.54) is 10.8 Å². The molecule has 1 fully saturated rings. The van der Waals surface area contributed by atoms with Crippen molar-refractivity contribution in [3.05, 3.63) is 23.8 Å². The van der Waals surface area contributed by atoms with Gasteiger partial charge in [-0.05, 0) is 46.9 Å². The van der Waals surface area contributed by atoms with Crippen molar-refractivity contribution in [1.82, 2.24) is 5.32 Å². The van der Waals surface area contributed by atoms with Crippen molar-refractivity contribution in [2.75, 3.05) is 6.54 Å². The van der Waals surface area contributed by atoms with Gasteiger partial charge in [-0.3, -0.25) is 4.79 Å². The van der Waals surface area contributed by atoms with Crippen LogP contribution in [0, 0.1) is 0 Å². The van der Waals surface area contributed by atoms with Crippen LogP contribution in [0.3, 0.4) is 0 Å². The summed E-state index contributed by atoms with van der Waals surface area (Å²) in [4.78, 5) is 11.5. The maximum atomic E-state index is 11.5. The van der Waals surface area contributed by atoms with Gasteiger partial charge in [0.2, 0.25) is 23.3 Å². The highest BCUT2D eigenvalue weighted by Crippen LogP contribution is 2.40. The van der Waals surface area contributed by atoms with Crippen molar-refractivity contribution in [2.45, 2.75) is 77.7 Å². The third-order valence-electron chi connectivity index (χ3n) is 5.58. The van der Waals surface area contributed by atoms with Crippen LogP contribution in [-0.4, -0.2) is 35.9 Å². The maximum absolute atomic E-state index is 11.5. The molecule has 1 amide bonds. The largest absolute Gasteiger partial charge is 0.543 e. The van der Waals surface area contributed by atoms with Gasteiger partial charge in [-0.25, -0.2) is 0 Å². The lowest BCUT2D eigenvalue weighted by Gasteiger charge is -2.38. The number of amides is 1. The van der Waals surface area contributed by atoms with Gasteiger partial charge in [0.15, 0.2) is 0 Å². The molecule has 0 radical (unpaired) electrons. The summed E-state index contributed by atoms with van der Waals surface area (Å²) in [5.74, 6) is 0.996. The van der Waals surface area contributed by atoms with E-state index in [0.717, 1.165) is 5.75 Å². The van der Waals surface area contributed by atoms with Crippen LogP contribution in [0.15, 0.2) is 18.2 Å². The number of rotatable bonds is 5. The Kier molecular flexibility index (Phi) is 5.81. The molecule has 1 aromatic carbocycles. The van der Waals surface area contributed by atoms with Crippen LogP contribution >= 0.6 is 0 Å². The standard InChI is InChI=1S/C20H35NO3Si2/c1-19(2,3)15-11-10-14(25(7)23-17-13-21-18(17)22)12-16(15)24-26(8,9)20(4,5)6/h10-12,17,25H,13H2,1-9H3,(H,21,22)/t17-,25?/m1/s1. The van der Waals surface area contributed by atoms with Gasteiger partial charge in [-0.15, -0.1) is 0 Å². The van der Waals surface area contributed by atoms with Crippen molar-refractivity contribution in [3.63, 3.8) is 0 Å². The van der Waals surface area contributed by atoms with Gasteiger partial charge in [0.25, 0.3) is 0 Å². The van der Waals surface area contributed by atoms with Crippen LogP contribution in [0.25, 0.3) is 0 Å². The molecule has 1 heterocycles. The predicted molar refractivity (Wildman–Crippen MR) is 113 cm³/mol. The number of nitrogens with one attached hydrogen (secondary N) is 1. The lowest BCUT2D eigenvalue weighted by molar-refractivity contribution is -0.135. The Morgan fingerprint density at radius 3 is 2.19 bits per heavy atom. The van der Waals surface area contributed by atoms with E-state index in [0.29, 0.717) is 6.54 Å². The third kappa shape index (κ3) is 4.59. The fourth-order valence-corrected chi connectivity index (χ4v) is 5.28. The van der Waals surface area contributed by atoms with E-state index in [4.69, 9.17) is 8.85 Å². The smallest absolute Gasteiger partial charge is 0.250 e. The first-order valence-electron chi connectivity index (χ1n) is 9.49. The Bertz CT molecular complexity index is 675. The third-order valence-corrected chi connectivity index (χ3v) is 12.0. The van der Waals surface area contributed by atoms with Crippen LogP contribution in [0.5, 0.6) is 5.75 Å². The molecule has 0 aliphatic carbocycles. The van der Waals surface area contributed by atoms with Crippen molar-refractivity contribution >= 4 is 28.5 Å². The number of benzene rings is 1. The Balaban J connectivity index is 2.34. The Labute approximate surface area is 161 Å². The molecule has 0 bridgehead atoms. The molecule has 1 aliphatic rings. The van der Waals surface area contributed by atoms with Gasteiger partial charge >= 0.3 is 0 Å². The van der Waals surface area contributed by atoms with Crippen LogP contribution in [-0.2, 0) is 14.6 Å². The minimum atomic E-state index is -1.94. The number of carbonyl (C=O) groups excluding carboxylic acids is 1. The monoisotopic (exact) mass is 393 g/mol. The van der Waals surface area contributed by atoms with E-state index in [9.17, 15) is 4.79 Å². The fourth-order valence-electron chi connectivity index (χ4n) is 2.63. The van der Waals surface area contributed by atoms with Crippen molar-refractivity contribution in [2.24, 2.45) is 0 Å². The number of β-lactam (4-membered cyclic amide) rings is 1. The molecule has 4 nitrogen and oxygen atoms in total. The van der Waals surface area contributed by atoms with Gasteiger partial charge < -0.3 is 14.2 Å². The molecule has 0 aromatic heterocycles. The fraction of sp³-hybridized carbons (Fsp3) is 0.650. The first-order chi connectivity index (χ1) is 11.7. The summed E-state index contributed by atoms with van der Waals surface area (Å²) in [6.45, 7) is 20.8. The molecular formula is C20H35NO3Si2. The SMILES string of the molecule is C[SiH](O[C@@H]1CNC1=O)c1ccc(C(C)(C)C)c(O[Si](C)(C)C(C)(C)C)c1. The van der Waals surface area contributed by atoms with E-state index in [2.05, 4.69) is 84.7 Å². The summed E-state index contributed by atoms with van der Waals surface area (Å²) in [5, 5.41) is 4.07. The molecule has 1 aromatic rings. The van der Waals surface area contributed by atoms with Crippen molar-refractivity contribution in [1.29, 1.82) is 0 Å². The van der Waals surface area contributed by atoms with E-state index >= 15 is 0 Å². The van der Waals surface area contributed by atoms with Gasteiger partial charge in [-0.1, -0.05) is 53.7 Å². The maximum Gasteiger partial charge on any atom is 0.250 e. The van der Waals surface area contributed by atoms with Crippen molar-refractivity contribution in [3.8, 4) is 5.75 Å². The van der Waals surface area contributed by atoms with E-state index in [1.54, 1.807) is 0 Å². The van der Waals surface area contributed by atoms with Crippen LogP contribution < -0.4 is 14.9 Å². The number of carbonyl (C=O) groups is 1. The molecule has 146 valence electrons. The minimum Gasteiger partial charge on any atom is -0.543 e. The zero-order valence-electron chi connectivity index (χ0n) is 17.8. The van der Waals surface area contributed by atoms with Crippen LogP contribution in [0.2, 0.25) is 24.7 Å². The summed E-state index contributed by atoms with van der Waals surface area (Å²) in [6.07, 6.45) is -0.274. The molecule has 2 atom stereocenters. The average Bonchev–Trinajstić information content (AvgIpc) is 2.48. The second kappa shape index (κ2) is 7.13. The zero-order chi connectivity index (χ0) is 19.9. The second-order valence-corrected chi connectivity index (χ2v) is 16.8. The minimum absolute atomic E-state index is 0.00779. The first-order valence-corrected chi connectivity index (χ1v) is 14.6. The molecule has 1 saturated heterocycles. The molecule has 6 heteroatoms. The normalized spacial score (nSPS) is 19.6. The van der Waals surface area contributed by atoms with Crippen LogP contribution in [0.4, 0.5) is 0 Å². The molecule has 0 spiro atoms. The van der Waals surface area contributed by atoms with Gasteiger partial charge in [0.05, 0.1) is 6.54 Å². The van der Waals surface area contributed by atoms with Gasteiger partial charge in [-0.2, -0.15) is 0 Å². The second-order valence-electron chi connectivity index (χ2n) is 9.88. The van der Waals surface area contributed by atoms with E-state index in [1.807, 2.05) is 0 Å². The highest BCUT2D eigenvalue weighted by atomic mass is 28.4. The zero-order valence-corrected chi connectivity index (χ0v) is 20.0. The molecule has 1 unspecified atom stereocenters. The molecule has 0 saturated carbocycles. The Hall–Kier alpha value is -1.12. The summed E-state index contributed by atoms with van der Waals surface area (Å²) in [7, 11) is -3.60.